The Bertz CT molecular complexity index is 311. The van der Waals surface area contributed by atoms with E-state index in [-0.39, 0.29) is 5.41 Å². The number of nitrogens with zero attached hydrogens (tertiary/aromatic N) is 1. The van der Waals surface area contributed by atoms with E-state index in [9.17, 15) is 4.79 Å². The Labute approximate surface area is 124 Å². The Balaban J connectivity index is 2.11. The van der Waals surface area contributed by atoms with Gasteiger partial charge in [-0.2, -0.15) is 0 Å². The van der Waals surface area contributed by atoms with Gasteiger partial charge in [-0.1, -0.05) is 33.1 Å². The number of hydrogen-bond acceptors (Lipinski definition) is 2. The molecule has 1 amide bonds. The summed E-state index contributed by atoms with van der Waals surface area (Å²) < 4.78 is 0. The molecule has 0 spiro atoms. The van der Waals surface area contributed by atoms with Crippen LogP contribution in [-0.4, -0.2) is 29.9 Å². The van der Waals surface area contributed by atoms with Gasteiger partial charge in [0.25, 0.3) is 0 Å². The molecule has 3 heteroatoms. The molecule has 1 saturated heterocycles. The first-order chi connectivity index (χ1) is 9.68. The standard InChI is InChI=1S/C17H32N2O/c1-3-17(4-2,13-18)16(20)19-12-8-11-15(19)14-9-6-5-7-10-14/h14-15H,3-13,18H2,1-2H3. The van der Waals surface area contributed by atoms with Gasteiger partial charge in [0.1, 0.15) is 0 Å². The first kappa shape index (κ1) is 15.8. The van der Waals surface area contributed by atoms with Crippen LogP contribution < -0.4 is 5.73 Å². The molecule has 1 heterocycles. The number of amides is 1. The highest BCUT2D eigenvalue weighted by atomic mass is 16.2. The van der Waals surface area contributed by atoms with E-state index in [0.29, 0.717) is 18.5 Å². The number of carbonyl (C=O) groups is 1. The van der Waals surface area contributed by atoms with Crippen molar-refractivity contribution in [1.29, 1.82) is 0 Å². The Morgan fingerprint density at radius 1 is 1.10 bits per heavy atom. The van der Waals surface area contributed by atoms with Gasteiger partial charge in [0.15, 0.2) is 0 Å². The monoisotopic (exact) mass is 280 g/mol. The molecule has 116 valence electrons. The largest absolute Gasteiger partial charge is 0.339 e. The van der Waals surface area contributed by atoms with Crippen molar-refractivity contribution in [3.05, 3.63) is 0 Å². The molecule has 2 N–H and O–H groups in total. The number of nitrogens with two attached hydrogens (primary N) is 1. The van der Waals surface area contributed by atoms with Gasteiger partial charge >= 0.3 is 0 Å². The van der Waals surface area contributed by atoms with Crippen LogP contribution in [0, 0.1) is 11.3 Å². The van der Waals surface area contributed by atoms with E-state index in [1.165, 1.54) is 44.9 Å². The number of hydrogen-bond donors (Lipinski definition) is 1. The number of rotatable bonds is 5. The van der Waals surface area contributed by atoms with E-state index in [2.05, 4.69) is 18.7 Å². The third kappa shape index (κ3) is 2.88. The zero-order valence-corrected chi connectivity index (χ0v) is 13.4. The summed E-state index contributed by atoms with van der Waals surface area (Å²) in [4.78, 5) is 15.3. The van der Waals surface area contributed by atoms with Gasteiger partial charge in [-0.3, -0.25) is 4.79 Å². The molecular weight excluding hydrogens is 248 g/mol. The van der Waals surface area contributed by atoms with Gasteiger partial charge in [0.2, 0.25) is 5.91 Å². The Morgan fingerprint density at radius 2 is 1.75 bits per heavy atom. The van der Waals surface area contributed by atoms with Crippen LogP contribution in [0.5, 0.6) is 0 Å². The highest BCUT2D eigenvalue weighted by Gasteiger charge is 2.43. The topological polar surface area (TPSA) is 46.3 Å². The fourth-order valence-corrected chi connectivity index (χ4v) is 4.29. The Morgan fingerprint density at radius 3 is 2.30 bits per heavy atom. The van der Waals surface area contributed by atoms with Crippen LogP contribution in [0.15, 0.2) is 0 Å². The smallest absolute Gasteiger partial charge is 0.230 e. The van der Waals surface area contributed by atoms with E-state index in [1.807, 2.05) is 0 Å². The van der Waals surface area contributed by atoms with E-state index >= 15 is 0 Å². The second-order valence-corrected chi connectivity index (χ2v) is 6.80. The van der Waals surface area contributed by atoms with Crippen LogP contribution in [0.4, 0.5) is 0 Å². The molecule has 3 nitrogen and oxygen atoms in total. The molecule has 2 aliphatic rings. The maximum Gasteiger partial charge on any atom is 0.230 e. The van der Waals surface area contributed by atoms with Gasteiger partial charge in [-0.05, 0) is 44.4 Å². The third-order valence-electron chi connectivity index (χ3n) is 5.95. The van der Waals surface area contributed by atoms with E-state index in [1.54, 1.807) is 0 Å². The SMILES string of the molecule is CCC(CC)(CN)C(=O)N1CCCC1C1CCCCC1. The summed E-state index contributed by atoms with van der Waals surface area (Å²) in [7, 11) is 0. The lowest BCUT2D eigenvalue weighted by molar-refractivity contribution is -0.144. The van der Waals surface area contributed by atoms with Crippen molar-refractivity contribution in [2.45, 2.75) is 77.7 Å². The van der Waals surface area contributed by atoms with Gasteiger partial charge in [-0.15, -0.1) is 0 Å². The van der Waals surface area contributed by atoms with Crippen molar-refractivity contribution in [2.75, 3.05) is 13.1 Å². The van der Waals surface area contributed by atoms with Gasteiger partial charge in [0, 0.05) is 19.1 Å². The maximum absolute atomic E-state index is 13.1. The fraction of sp³-hybridized carbons (Fsp3) is 0.941. The summed E-state index contributed by atoms with van der Waals surface area (Å²) >= 11 is 0. The maximum atomic E-state index is 13.1. The molecule has 0 bridgehead atoms. The second-order valence-electron chi connectivity index (χ2n) is 6.80. The average molecular weight is 280 g/mol. The van der Waals surface area contributed by atoms with Gasteiger partial charge in [0.05, 0.1) is 5.41 Å². The lowest BCUT2D eigenvalue weighted by Crippen LogP contribution is -2.51. The highest BCUT2D eigenvalue weighted by molar-refractivity contribution is 5.83. The molecule has 2 rings (SSSR count). The second kappa shape index (κ2) is 6.93. The fourth-order valence-electron chi connectivity index (χ4n) is 4.29. The normalized spacial score (nSPS) is 25.1. The predicted molar refractivity (Wildman–Crippen MR) is 83.4 cm³/mol. The van der Waals surface area contributed by atoms with Gasteiger partial charge < -0.3 is 10.6 Å². The van der Waals surface area contributed by atoms with Crippen LogP contribution in [-0.2, 0) is 4.79 Å². The molecule has 20 heavy (non-hydrogen) atoms. The van der Waals surface area contributed by atoms with Crippen LogP contribution in [0.1, 0.15) is 71.6 Å². The molecular formula is C17H32N2O. The molecule has 0 aromatic carbocycles. The van der Waals surface area contributed by atoms with Crippen molar-refractivity contribution in [1.82, 2.24) is 4.90 Å². The quantitative estimate of drug-likeness (QED) is 0.839. The third-order valence-corrected chi connectivity index (χ3v) is 5.95. The molecule has 0 radical (unpaired) electrons. The van der Waals surface area contributed by atoms with Crippen molar-refractivity contribution in [3.8, 4) is 0 Å². The van der Waals surface area contributed by atoms with E-state index < -0.39 is 0 Å². The highest BCUT2D eigenvalue weighted by Crippen LogP contribution is 2.38. The molecule has 1 aliphatic carbocycles. The summed E-state index contributed by atoms with van der Waals surface area (Å²) in [6, 6.07) is 0.506. The van der Waals surface area contributed by atoms with E-state index in [0.717, 1.165) is 25.3 Å². The molecule has 1 aliphatic heterocycles. The van der Waals surface area contributed by atoms with Crippen LogP contribution in [0.25, 0.3) is 0 Å². The summed E-state index contributed by atoms with van der Waals surface area (Å²) in [6.45, 7) is 5.67. The van der Waals surface area contributed by atoms with Crippen molar-refractivity contribution < 1.29 is 4.79 Å². The summed E-state index contributed by atoms with van der Waals surface area (Å²) in [5.41, 5.74) is 5.67. The predicted octanol–water partition coefficient (Wildman–Crippen LogP) is 3.32. The minimum Gasteiger partial charge on any atom is -0.339 e. The number of carbonyl (C=O) groups excluding carboxylic acids is 1. The summed E-state index contributed by atoms with van der Waals surface area (Å²) in [5, 5.41) is 0. The van der Waals surface area contributed by atoms with Crippen molar-refractivity contribution in [3.63, 3.8) is 0 Å². The van der Waals surface area contributed by atoms with Crippen molar-refractivity contribution in [2.24, 2.45) is 17.1 Å². The first-order valence-electron chi connectivity index (χ1n) is 8.69. The summed E-state index contributed by atoms with van der Waals surface area (Å²) in [5.74, 6) is 1.09. The molecule has 0 aromatic rings. The zero-order chi connectivity index (χ0) is 14.6. The lowest BCUT2D eigenvalue weighted by Gasteiger charge is -2.40. The van der Waals surface area contributed by atoms with Crippen LogP contribution >= 0.6 is 0 Å². The number of likely N-dealkylation sites (tertiary alicyclic amines) is 1. The minimum atomic E-state index is -0.308. The van der Waals surface area contributed by atoms with Gasteiger partial charge in [-0.25, -0.2) is 0 Å². The summed E-state index contributed by atoms with van der Waals surface area (Å²) in [6.07, 6.45) is 10.9. The minimum absolute atomic E-state index is 0.308. The van der Waals surface area contributed by atoms with Crippen LogP contribution in [0.3, 0.4) is 0 Å². The molecule has 2 fully saturated rings. The molecule has 1 saturated carbocycles. The van der Waals surface area contributed by atoms with E-state index in [4.69, 9.17) is 5.73 Å². The zero-order valence-electron chi connectivity index (χ0n) is 13.4. The molecule has 1 unspecified atom stereocenters. The molecule has 0 aromatic heterocycles. The Kier molecular flexibility index (Phi) is 5.48. The first-order valence-corrected chi connectivity index (χ1v) is 8.69. The average Bonchev–Trinajstić information content (AvgIpc) is 2.99. The molecule has 1 atom stereocenters. The lowest BCUT2D eigenvalue weighted by atomic mass is 9.79. The van der Waals surface area contributed by atoms with Crippen LogP contribution in [0.2, 0.25) is 0 Å². The Hall–Kier alpha value is -0.570. The van der Waals surface area contributed by atoms with Crippen molar-refractivity contribution >= 4 is 5.91 Å².